The molecule has 192 valence electrons. The number of amides is 2. The van der Waals surface area contributed by atoms with Gasteiger partial charge in [-0.25, -0.2) is 0 Å². The third-order valence-electron chi connectivity index (χ3n) is 8.34. The van der Waals surface area contributed by atoms with Gasteiger partial charge in [-0.3, -0.25) is 19.4 Å². The molecule has 0 unspecified atom stereocenters. The van der Waals surface area contributed by atoms with Crippen LogP contribution in [0.5, 0.6) is 11.5 Å². The summed E-state index contributed by atoms with van der Waals surface area (Å²) in [6.07, 6.45) is 10.7. The molecule has 1 aromatic rings. The molecular formula is C28H41N3O4. The highest BCUT2D eigenvalue weighted by Crippen LogP contribution is 2.39. The number of piperazine rings is 1. The minimum Gasteiger partial charge on any atom is -0.486 e. The van der Waals surface area contributed by atoms with Gasteiger partial charge in [0.15, 0.2) is 11.5 Å². The molecule has 2 aliphatic carbocycles. The Morgan fingerprint density at radius 2 is 1.40 bits per heavy atom. The van der Waals surface area contributed by atoms with Crippen molar-refractivity contribution in [2.24, 2.45) is 11.8 Å². The summed E-state index contributed by atoms with van der Waals surface area (Å²) in [5.41, 5.74) is 1.10. The minimum atomic E-state index is 0.0413. The van der Waals surface area contributed by atoms with E-state index in [2.05, 4.69) is 15.9 Å². The predicted molar refractivity (Wildman–Crippen MR) is 136 cm³/mol. The summed E-state index contributed by atoms with van der Waals surface area (Å²) in [6.45, 7) is 6.09. The molecule has 3 fully saturated rings. The zero-order valence-corrected chi connectivity index (χ0v) is 21.1. The van der Waals surface area contributed by atoms with E-state index >= 15 is 0 Å². The lowest BCUT2D eigenvalue weighted by Gasteiger charge is -2.38. The topological polar surface area (TPSA) is 62.3 Å². The second kappa shape index (κ2) is 11.6. The van der Waals surface area contributed by atoms with Crippen molar-refractivity contribution in [2.45, 2.75) is 64.2 Å². The number of benzene rings is 1. The third-order valence-corrected chi connectivity index (χ3v) is 8.34. The molecule has 2 heterocycles. The number of nitrogens with zero attached hydrogens (tertiary/aromatic N) is 3. The van der Waals surface area contributed by atoms with E-state index in [9.17, 15) is 9.59 Å². The van der Waals surface area contributed by atoms with Gasteiger partial charge in [0.1, 0.15) is 13.2 Å². The Labute approximate surface area is 209 Å². The van der Waals surface area contributed by atoms with E-state index in [0.29, 0.717) is 19.8 Å². The quantitative estimate of drug-likeness (QED) is 0.568. The number of rotatable bonds is 6. The number of hydrogen-bond donors (Lipinski definition) is 0. The molecule has 0 atom stereocenters. The smallest absolute Gasteiger partial charge is 0.232 e. The van der Waals surface area contributed by atoms with Crippen molar-refractivity contribution in [1.82, 2.24) is 9.80 Å². The number of para-hydroxylation sites is 1. The fraction of sp³-hybridized carbons (Fsp3) is 0.714. The third kappa shape index (κ3) is 5.76. The molecule has 2 amide bonds. The number of carbonyl (C=O) groups is 2. The Kier molecular flexibility index (Phi) is 8.12. The van der Waals surface area contributed by atoms with Gasteiger partial charge >= 0.3 is 0 Å². The van der Waals surface area contributed by atoms with Crippen molar-refractivity contribution in [3.63, 3.8) is 0 Å². The van der Waals surface area contributed by atoms with Crippen LogP contribution in [0.1, 0.15) is 64.2 Å². The molecule has 2 saturated carbocycles. The average molecular weight is 484 g/mol. The zero-order chi connectivity index (χ0) is 24.0. The number of hydrogen-bond acceptors (Lipinski definition) is 6. The largest absolute Gasteiger partial charge is 0.486 e. The van der Waals surface area contributed by atoms with Crippen LogP contribution in [0.4, 0.5) is 5.69 Å². The van der Waals surface area contributed by atoms with Gasteiger partial charge in [-0.15, -0.1) is 0 Å². The van der Waals surface area contributed by atoms with E-state index in [0.717, 1.165) is 101 Å². The van der Waals surface area contributed by atoms with E-state index in [1.165, 1.54) is 12.8 Å². The molecule has 5 rings (SSSR count). The number of imide groups is 1. The van der Waals surface area contributed by atoms with E-state index in [4.69, 9.17) is 9.47 Å². The Balaban J connectivity index is 1.19. The monoisotopic (exact) mass is 483 g/mol. The Morgan fingerprint density at radius 3 is 2.03 bits per heavy atom. The van der Waals surface area contributed by atoms with Crippen LogP contribution in [-0.2, 0) is 9.59 Å². The van der Waals surface area contributed by atoms with Crippen molar-refractivity contribution >= 4 is 17.5 Å². The van der Waals surface area contributed by atoms with Gasteiger partial charge in [0.25, 0.3) is 0 Å². The van der Waals surface area contributed by atoms with Gasteiger partial charge in [-0.05, 0) is 37.8 Å². The minimum absolute atomic E-state index is 0.0413. The maximum Gasteiger partial charge on any atom is 0.232 e. The molecule has 1 saturated heterocycles. The average Bonchev–Trinajstić information content (AvgIpc) is 2.94. The first-order valence-corrected chi connectivity index (χ1v) is 13.9. The summed E-state index contributed by atoms with van der Waals surface area (Å²) in [4.78, 5) is 33.4. The Hall–Kier alpha value is -2.28. The van der Waals surface area contributed by atoms with Crippen LogP contribution in [0.25, 0.3) is 0 Å². The molecule has 4 aliphatic rings. The van der Waals surface area contributed by atoms with Crippen molar-refractivity contribution in [3.05, 3.63) is 18.2 Å². The summed E-state index contributed by atoms with van der Waals surface area (Å²) < 4.78 is 11.7. The molecule has 7 nitrogen and oxygen atoms in total. The Bertz CT molecular complexity index is 841. The van der Waals surface area contributed by atoms with E-state index in [-0.39, 0.29) is 23.7 Å². The summed E-state index contributed by atoms with van der Waals surface area (Å²) in [6, 6.07) is 6.10. The second-order valence-electron chi connectivity index (χ2n) is 10.6. The molecular weight excluding hydrogens is 442 g/mol. The van der Waals surface area contributed by atoms with Gasteiger partial charge in [0.2, 0.25) is 11.8 Å². The second-order valence-corrected chi connectivity index (χ2v) is 10.6. The summed E-state index contributed by atoms with van der Waals surface area (Å²) >= 11 is 0. The summed E-state index contributed by atoms with van der Waals surface area (Å²) in [5.74, 6) is 1.97. The van der Waals surface area contributed by atoms with Crippen molar-refractivity contribution < 1.29 is 19.1 Å². The molecule has 0 aromatic heterocycles. The molecule has 1 aromatic carbocycles. The van der Waals surface area contributed by atoms with E-state index < -0.39 is 0 Å². The maximum absolute atomic E-state index is 13.5. The van der Waals surface area contributed by atoms with Crippen LogP contribution < -0.4 is 14.4 Å². The number of carbonyl (C=O) groups excluding carboxylic acids is 2. The number of fused-ring (bicyclic) bond motifs is 1. The standard InChI is InChI=1S/C28H41N3O4/c32-27(22-8-3-1-4-9-22)31(28(33)23-10-5-2-6-11-23)19-16-29-14-17-30(18-15-29)24-12-7-13-25-26(24)35-21-20-34-25/h7,12-13,22-23H,1-6,8-11,14-21H2. The van der Waals surface area contributed by atoms with E-state index in [1.807, 2.05) is 12.1 Å². The maximum atomic E-state index is 13.5. The number of ether oxygens (including phenoxy) is 2. The highest BCUT2D eigenvalue weighted by atomic mass is 16.6. The summed E-state index contributed by atoms with van der Waals surface area (Å²) in [7, 11) is 0. The summed E-state index contributed by atoms with van der Waals surface area (Å²) in [5, 5.41) is 0. The SMILES string of the molecule is O=C(C1CCCCC1)N(CCN1CCN(c2cccc3c2OCCO3)CC1)C(=O)C1CCCCC1. The van der Waals surface area contributed by atoms with Gasteiger partial charge in [-0.2, -0.15) is 0 Å². The van der Waals surface area contributed by atoms with Gasteiger partial charge in [0.05, 0.1) is 5.69 Å². The first-order chi connectivity index (χ1) is 17.2. The fourth-order valence-electron chi connectivity index (χ4n) is 6.23. The lowest BCUT2D eigenvalue weighted by atomic mass is 9.86. The van der Waals surface area contributed by atoms with Crippen LogP contribution in [0, 0.1) is 11.8 Å². The molecule has 0 spiro atoms. The lowest BCUT2D eigenvalue weighted by molar-refractivity contribution is -0.151. The molecule has 2 aliphatic heterocycles. The normalized spacial score (nSPS) is 22.1. The molecule has 0 bridgehead atoms. The van der Waals surface area contributed by atoms with Gasteiger partial charge < -0.3 is 14.4 Å². The van der Waals surface area contributed by atoms with Gasteiger partial charge in [0, 0.05) is 51.1 Å². The highest BCUT2D eigenvalue weighted by Gasteiger charge is 2.34. The Morgan fingerprint density at radius 1 is 0.800 bits per heavy atom. The van der Waals surface area contributed by atoms with Gasteiger partial charge in [-0.1, -0.05) is 44.6 Å². The van der Waals surface area contributed by atoms with Crippen molar-refractivity contribution in [2.75, 3.05) is 57.4 Å². The fourth-order valence-corrected chi connectivity index (χ4v) is 6.23. The highest BCUT2D eigenvalue weighted by molar-refractivity contribution is 5.97. The van der Waals surface area contributed by atoms with Crippen molar-refractivity contribution in [3.8, 4) is 11.5 Å². The molecule has 7 heteroatoms. The molecule has 0 N–H and O–H groups in total. The first-order valence-electron chi connectivity index (χ1n) is 13.9. The first kappa shape index (κ1) is 24.4. The van der Waals surface area contributed by atoms with Crippen LogP contribution in [-0.4, -0.2) is 74.1 Å². The van der Waals surface area contributed by atoms with Crippen LogP contribution in [0.15, 0.2) is 18.2 Å². The van der Waals surface area contributed by atoms with Crippen LogP contribution in [0.3, 0.4) is 0 Å². The van der Waals surface area contributed by atoms with Crippen LogP contribution in [0.2, 0.25) is 0 Å². The van der Waals surface area contributed by atoms with E-state index in [1.54, 1.807) is 4.90 Å². The van der Waals surface area contributed by atoms with Crippen molar-refractivity contribution in [1.29, 1.82) is 0 Å². The van der Waals surface area contributed by atoms with Crippen LogP contribution >= 0.6 is 0 Å². The number of anilines is 1. The predicted octanol–water partition coefficient (Wildman–Crippen LogP) is 4.10. The molecule has 35 heavy (non-hydrogen) atoms. The molecule has 0 radical (unpaired) electrons. The zero-order valence-electron chi connectivity index (χ0n) is 21.1. The lowest BCUT2D eigenvalue weighted by Crippen LogP contribution is -2.51.